The van der Waals surface area contributed by atoms with Crippen LogP contribution < -0.4 is 10.5 Å². The minimum absolute atomic E-state index is 0.0963. The zero-order chi connectivity index (χ0) is 12.7. The van der Waals surface area contributed by atoms with Gasteiger partial charge in [-0.3, -0.25) is 0 Å². The SMILES string of the molecule is CSCCCOc1cc(/C(N)=N/O)ccc1C. The quantitative estimate of drug-likeness (QED) is 0.268. The van der Waals surface area contributed by atoms with Gasteiger partial charge in [-0.2, -0.15) is 11.8 Å². The van der Waals surface area contributed by atoms with E-state index in [9.17, 15) is 0 Å². The summed E-state index contributed by atoms with van der Waals surface area (Å²) in [4.78, 5) is 0. The minimum Gasteiger partial charge on any atom is -0.493 e. The van der Waals surface area contributed by atoms with Crippen molar-refractivity contribution in [2.24, 2.45) is 10.9 Å². The molecule has 0 saturated carbocycles. The number of hydrogen-bond donors (Lipinski definition) is 2. The van der Waals surface area contributed by atoms with Crippen molar-refractivity contribution in [3.63, 3.8) is 0 Å². The van der Waals surface area contributed by atoms with Crippen molar-refractivity contribution < 1.29 is 9.94 Å². The third kappa shape index (κ3) is 4.19. The van der Waals surface area contributed by atoms with Gasteiger partial charge in [-0.1, -0.05) is 17.3 Å². The summed E-state index contributed by atoms with van der Waals surface area (Å²) < 4.78 is 5.67. The normalized spacial score (nSPS) is 11.5. The predicted molar refractivity (Wildman–Crippen MR) is 72.2 cm³/mol. The highest BCUT2D eigenvalue weighted by Crippen LogP contribution is 2.19. The molecule has 0 unspecified atom stereocenters. The van der Waals surface area contributed by atoms with Crippen molar-refractivity contribution in [3.05, 3.63) is 29.3 Å². The van der Waals surface area contributed by atoms with Crippen molar-refractivity contribution in [3.8, 4) is 5.75 Å². The average molecular weight is 254 g/mol. The molecule has 5 heteroatoms. The Morgan fingerprint density at radius 3 is 2.94 bits per heavy atom. The molecule has 0 spiro atoms. The molecular weight excluding hydrogens is 236 g/mol. The number of ether oxygens (including phenoxy) is 1. The van der Waals surface area contributed by atoms with E-state index in [0.717, 1.165) is 23.5 Å². The molecule has 17 heavy (non-hydrogen) atoms. The zero-order valence-corrected chi connectivity index (χ0v) is 11.0. The second-order valence-electron chi connectivity index (χ2n) is 3.66. The van der Waals surface area contributed by atoms with Crippen molar-refractivity contribution in [1.82, 2.24) is 0 Å². The first-order valence-electron chi connectivity index (χ1n) is 5.39. The lowest BCUT2D eigenvalue weighted by Gasteiger charge is -2.10. The lowest BCUT2D eigenvalue weighted by atomic mass is 10.1. The average Bonchev–Trinajstić information content (AvgIpc) is 2.35. The van der Waals surface area contributed by atoms with Gasteiger partial charge in [-0.15, -0.1) is 0 Å². The first kappa shape index (κ1) is 13.7. The third-order valence-corrected chi connectivity index (χ3v) is 3.04. The summed E-state index contributed by atoms with van der Waals surface area (Å²) in [6.07, 6.45) is 3.08. The van der Waals surface area contributed by atoms with Crippen LogP contribution in [0.2, 0.25) is 0 Å². The molecule has 0 atom stereocenters. The van der Waals surface area contributed by atoms with Crippen LogP contribution >= 0.6 is 11.8 Å². The third-order valence-electron chi connectivity index (χ3n) is 2.34. The summed E-state index contributed by atoms with van der Waals surface area (Å²) in [5.41, 5.74) is 7.24. The van der Waals surface area contributed by atoms with Gasteiger partial charge in [-0.05, 0) is 37.0 Å². The Kier molecular flexibility index (Phi) is 5.69. The van der Waals surface area contributed by atoms with Crippen LogP contribution in [-0.4, -0.2) is 29.7 Å². The number of rotatable bonds is 6. The predicted octanol–water partition coefficient (Wildman–Crippen LogP) is 2.22. The molecule has 1 rings (SSSR count). The Morgan fingerprint density at radius 1 is 1.53 bits per heavy atom. The van der Waals surface area contributed by atoms with E-state index in [2.05, 4.69) is 11.4 Å². The Morgan fingerprint density at radius 2 is 2.29 bits per heavy atom. The molecule has 0 amide bonds. The van der Waals surface area contributed by atoms with Gasteiger partial charge in [0.2, 0.25) is 0 Å². The standard InChI is InChI=1S/C12H18N2O2S/c1-9-4-5-10(12(13)14-15)8-11(9)16-6-3-7-17-2/h4-5,8,15H,3,6-7H2,1-2H3,(H2,13,14). The van der Waals surface area contributed by atoms with Crippen LogP contribution in [0.3, 0.4) is 0 Å². The van der Waals surface area contributed by atoms with Gasteiger partial charge >= 0.3 is 0 Å². The maximum absolute atomic E-state index is 8.61. The van der Waals surface area contributed by atoms with E-state index in [4.69, 9.17) is 15.7 Å². The summed E-state index contributed by atoms with van der Waals surface area (Å²) in [6.45, 7) is 2.65. The number of nitrogens with two attached hydrogens (primary N) is 1. The molecule has 0 aliphatic rings. The first-order valence-corrected chi connectivity index (χ1v) is 6.78. The summed E-state index contributed by atoms with van der Waals surface area (Å²) in [5.74, 6) is 1.97. The molecule has 0 aromatic heterocycles. The lowest BCUT2D eigenvalue weighted by Crippen LogP contribution is -2.13. The number of hydrogen-bond acceptors (Lipinski definition) is 4. The number of amidine groups is 1. The molecule has 0 radical (unpaired) electrons. The van der Waals surface area contributed by atoms with Crippen LogP contribution in [0.1, 0.15) is 17.5 Å². The van der Waals surface area contributed by atoms with E-state index in [1.165, 1.54) is 0 Å². The van der Waals surface area contributed by atoms with E-state index < -0.39 is 0 Å². The molecule has 3 N–H and O–H groups in total. The number of thioether (sulfide) groups is 1. The van der Waals surface area contributed by atoms with Crippen LogP contribution in [0.25, 0.3) is 0 Å². The summed E-state index contributed by atoms with van der Waals surface area (Å²) >= 11 is 1.80. The molecular formula is C12H18N2O2S. The van der Waals surface area contributed by atoms with Crippen molar-refractivity contribution >= 4 is 17.6 Å². The van der Waals surface area contributed by atoms with E-state index in [0.29, 0.717) is 12.2 Å². The van der Waals surface area contributed by atoms with Crippen LogP contribution in [0.15, 0.2) is 23.4 Å². The smallest absolute Gasteiger partial charge is 0.170 e. The zero-order valence-electron chi connectivity index (χ0n) is 10.1. The lowest BCUT2D eigenvalue weighted by molar-refractivity contribution is 0.315. The van der Waals surface area contributed by atoms with E-state index in [1.54, 1.807) is 23.9 Å². The molecule has 0 aliphatic heterocycles. The van der Waals surface area contributed by atoms with Crippen LogP contribution in [0.4, 0.5) is 0 Å². The number of benzene rings is 1. The molecule has 0 aliphatic carbocycles. The number of nitrogens with zero attached hydrogens (tertiary/aromatic N) is 1. The fourth-order valence-corrected chi connectivity index (χ4v) is 1.76. The van der Waals surface area contributed by atoms with E-state index in [-0.39, 0.29) is 5.84 Å². The maximum Gasteiger partial charge on any atom is 0.170 e. The Bertz CT molecular complexity index is 394. The number of aryl methyl sites for hydroxylation is 1. The minimum atomic E-state index is 0.0963. The van der Waals surface area contributed by atoms with Gasteiger partial charge in [0.05, 0.1) is 6.61 Å². The molecule has 0 saturated heterocycles. The Balaban J connectivity index is 2.70. The highest BCUT2D eigenvalue weighted by atomic mass is 32.2. The molecule has 0 bridgehead atoms. The summed E-state index contributed by atoms with van der Waals surface area (Å²) in [6, 6.07) is 5.50. The summed E-state index contributed by atoms with van der Waals surface area (Å²) in [7, 11) is 0. The topological polar surface area (TPSA) is 67.8 Å². The Labute approximate surface area is 106 Å². The van der Waals surface area contributed by atoms with Gasteiger partial charge in [0.25, 0.3) is 0 Å². The molecule has 4 nitrogen and oxygen atoms in total. The van der Waals surface area contributed by atoms with Crippen molar-refractivity contribution in [2.45, 2.75) is 13.3 Å². The second kappa shape index (κ2) is 7.06. The molecule has 0 fully saturated rings. The molecule has 1 aromatic rings. The van der Waals surface area contributed by atoms with Gasteiger partial charge in [0.15, 0.2) is 5.84 Å². The summed E-state index contributed by atoms with van der Waals surface area (Å²) in [5, 5.41) is 11.6. The van der Waals surface area contributed by atoms with Crippen LogP contribution in [-0.2, 0) is 0 Å². The van der Waals surface area contributed by atoms with Crippen molar-refractivity contribution in [1.29, 1.82) is 0 Å². The van der Waals surface area contributed by atoms with Gasteiger partial charge in [0, 0.05) is 5.56 Å². The van der Waals surface area contributed by atoms with Crippen LogP contribution in [0.5, 0.6) is 5.75 Å². The van der Waals surface area contributed by atoms with Gasteiger partial charge in [0.1, 0.15) is 5.75 Å². The first-order chi connectivity index (χ1) is 8.19. The fourth-order valence-electron chi connectivity index (χ4n) is 1.36. The Hall–Kier alpha value is -1.36. The number of oxime groups is 1. The second-order valence-corrected chi connectivity index (χ2v) is 4.65. The van der Waals surface area contributed by atoms with Gasteiger partial charge in [-0.25, -0.2) is 0 Å². The van der Waals surface area contributed by atoms with Crippen molar-refractivity contribution in [2.75, 3.05) is 18.6 Å². The molecule has 94 valence electrons. The monoisotopic (exact) mass is 254 g/mol. The van der Waals surface area contributed by atoms with Crippen LogP contribution in [0, 0.1) is 6.92 Å². The molecule has 0 heterocycles. The highest BCUT2D eigenvalue weighted by molar-refractivity contribution is 7.98. The fraction of sp³-hybridized carbons (Fsp3) is 0.417. The molecule has 1 aromatic carbocycles. The van der Waals surface area contributed by atoms with Gasteiger partial charge < -0.3 is 15.7 Å². The maximum atomic E-state index is 8.61. The largest absolute Gasteiger partial charge is 0.493 e. The highest BCUT2D eigenvalue weighted by Gasteiger charge is 2.04. The van der Waals surface area contributed by atoms with E-state index in [1.807, 2.05) is 13.0 Å². The van der Waals surface area contributed by atoms with E-state index >= 15 is 0 Å².